The number of anilines is 1. The lowest BCUT2D eigenvalue weighted by Gasteiger charge is -2.36. The van der Waals surface area contributed by atoms with Crippen LogP contribution in [0.5, 0.6) is 0 Å². The molecule has 5 nitrogen and oxygen atoms in total. The highest BCUT2D eigenvalue weighted by Gasteiger charge is 2.29. The summed E-state index contributed by atoms with van der Waals surface area (Å²) < 4.78 is 6.45. The van der Waals surface area contributed by atoms with Gasteiger partial charge in [0.15, 0.2) is 0 Å². The van der Waals surface area contributed by atoms with E-state index in [4.69, 9.17) is 10.5 Å². The SMILES string of the molecule is CCCNC(=O)C1COCCN1c1ccc(CN)c(Br)c1. The van der Waals surface area contributed by atoms with Gasteiger partial charge in [0.1, 0.15) is 6.04 Å². The first-order chi connectivity index (χ1) is 10.2. The molecular formula is C15H22BrN3O2. The Morgan fingerprint density at radius 1 is 1.57 bits per heavy atom. The van der Waals surface area contributed by atoms with Crippen LogP contribution in [0.25, 0.3) is 0 Å². The minimum absolute atomic E-state index is 0.0237. The van der Waals surface area contributed by atoms with Gasteiger partial charge in [-0.1, -0.05) is 28.9 Å². The number of amides is 1. The van der Waals surface area contributed by atoms with Gasteiger partial charge in [-0.25, -0.2) is 0 Å². The number of morpholine rings is 1. The third-order valence-electron chi connectivity index (χ3n) is 3.57. The Labute approximate surface area is 134 Å². The van der Waals surface area contributed by atoms with E-state index in [1.165, 1.54) is 0 Å². The van der Waals surface area contributed by atoms with Gasteiger partial charge < -0.3 is 20.7 Å². The van der Waals surface area contributed by atoms with Gasteiger partial charge in [0.05, 0.1) is 13.2 Å². The second kappa shape index (κ2) is 7.77. The summed E-state index contributed by atoms with van der Waals surface area (Å²) in [5.74, 6) is 0.0237. The predicted octanol–water partition coefficient (Wildman–Crippen LogP) is 1.64. The molecule has 0 saturated carbocycles. The normalized spacial score (nSPS) is 18.6. The molecule has 1 aliphatic heterocycles. The number of hydrogen-bond donors (Lipinski definition) is 2. The zero-order valence-electron chi connectivity index (χ0n) is 12.3. The Kier molecular flexibility index (Phi) is 6.02. The van der Waals surface area contributed by atoms with Crippen molar-refractivity contribution >= 4 is 27.5 Å². The van der Waals surface area contributed by atoms with Gasteiger partial charge in [-0.3, -0.25) is 4.79 Å². The number of hydrogen-bond acceptors (Lipinski definition) is 4. The lowest BCUT2D eigenvalue weighted by atomic mass is 10.1. The van der Waals surface area contributed by atoms with Crippen LogP contribution in [0.2, 0.25) is 0 Å². The number of carbonyl (C=O) groups excluding carboxylic acids is 1. The van der Waals surface area contributed by atoms with Crippen molar-refractivity contribution in [3.05, 3.63) is 28.2 Å². The van der Waals surface area contributed by atoms with E-state index in [0.29, 0.717) is 32.8 Å². The van der Waals surface area contributed by atoms with Crippen LogP contribution in [0.1, 0.15) is 18.9 Å². The van der Waals surface area contributed by atoms with E-state index in [-0.39, 0.29) is 11.9 Å². The highest BCUT2D eigenvalue weighted by Crippen LogP contribution is 2.26. The quantitative estimate of drug-likeness (QED) is 0.842. The second-order valence-electron chi connectivity index (χ2n) is 5.05. The maximum absolute atomic E-state index is 12.3. The van der Waals surface area contributed by atoms with E-state index in [1.807, 2.05) is 25.1 Å². The fraction of sp³-hybridized carbons (Fsp3) is 0.533. The van der Waals surface area contributed by atoms with Crippen molar-refractivity contribution in [1.82, 2.24) is 5.32 Å². The Bertz CT molecular complexity index is 496. The maximum atomic E-state index is 12.3. The molecular weight excluding hydrogens is 334 g/mol. The number of halogens is 1. The van der Waals surface area contributed by atoms with Crippen molar-refractivity contribution in [2.24, 2.45) is 5.73 Å². The molecule has 1 unspecified atom stereocenters. The Morgan fingerprint density at radius 3 is 3.05 bits per heavy atom. The molecule has 1 fully saturated rings. The molecule has 1 saturated heterocycles. The van der Waals surface area contributed by atoms with Gasteiger partial charge >= 0.3 is 0 Å². The first kappa shape index (κ1) is 16.3. The number of ether oxygens (including phenoxy) is 1. The van der Waals surface area contributed by atoms with Crippen LogP contribution in [0, 0.1) is 0 Å². The van der Waals surface area contributed by atoms with Gasteiger partial charge in [0.25, 0.3) is 0 Å². The van der Waals surface area contributed by atoms with Crippen molar-refractivity contribution in [2.45, 2.75) is 25.9 Å². The fourth-order valence-electron chi connectivity index (χ4n) is 2.38. The average Bonchev–Trinajstić information content (AvgIpc) is 2.52. The van der Waals surface area contributed by atoms with Gasteiger partial charge in [-0.05, 0) is 24.1 Å². The monoisotopic (exact) mass is 355 g/mol. The molecule has 6 heteroatoms. The predicted molar refractivity (Wildman–Crippen MR) is 87.3 cm³/mol. The van der Waals surface area contributed by atoms with Crippen LogP contribution < -0.4 is 16.0 Å². The number of nitrogens with one attached hydrogen (secondary N) is 1. The largest absolute Gasteiger partial charge is 0.377 e. The molecule has 0 bridgehead atoms. The molecule has 0 aromatic heterocycles. The number of carbonyl (C=O) groups is 1. The molecule has 116 valence electrons. The van der Waals surface area contributed by atoms with E-state index in [1.54, 1.807) is 0 Å². The van der Waals surface area contributed by atoms with Crippen molar-refractivity contribution in [2.75, 3.05) is 31.2 Å². The third kappa shape index (κ3) is 3.96. The molecule has 1 aliphatic rings. The summed E-state index contributed by atoms with van der Waals surface area (Å²) in [4.78, 5) is 14.4. The summed E-state index contributed by atoms with van der Waals surface area (Å²) >= 11 is 3.53. The van der Waals surface area contributed by atoms with Crippen molar-refractivity contribution in [3.8, 4) is 0 Å². The van der Waals surface area contributed by atoms with Crippen LogP contribution in [0.15, 0.2) is 22.7 Å². The highest BCUT2D eigenvalue weighted by atomic mass is 79.9. The summed E-state index contributed by atoms with van der Waals surface area (Å²) in [6.07, 6.45) is 0.927. The Hall–Kier alpha value is -1.11. The summed E-state index contributed by atoms with van der Waals surface area (Å²) in [5.41, 5.74) is 7.75. The minimum atomic E-state index is -0.277. The van der Waals surface area contributed by atoms with Crippen molar-refractivity contribution in [3.63, 3.8) is 0 Å². The van der Waals surface area contributed by atoms with Crippen LogP contribution in [-0.4, -0.2) is 38.3 Å². The van der Waals surface area contributed by atoms with E-state index < -0.39 is 0 Å². The molecule has 0 radical (unpaired) electrons. The molecule has 1 amide bonds. The van der Waals surface area contributed by atoms with Gasteiger partial charge in [-0.15, -0.1) is 0 Å². The molecule has 2 rings (SSSR count). The first-order valence-corrected chi connectivity index (χ1v) is 8.07. The zero-order chi connectivity index (χ0) is 15.2. The van der Waals surface area contributed by atoms with E-state index in [2.05, 4.69) is 26.1 Å². The minimum Gasteiger partial charge on any atom is -0.377 e. The van der Waals surface area contributed by atoms with Crippen molar-refractivity contribution in [1.29, 1.82) is 0 Å². The fourth-order valence-corrected chi connectivity index (χ4v) is 2.90. The lowest BCUT2D eigenvalue weighted by molar-refractivity contribution is -0.124. The summed E-state index contributed by atoms with van der Waals surface area (Å²) in [6.45, 7) is 4.99. The van der Waals surface area contributed by atoms with Gasteiger partial charge in [0.2, 0.25) is 5.91 Å². The number of rotatable bonds is 5. The average molecular weight is 356 g/mol. The van der Waals surface area contributed by atoms with Crippen LogP contribution in [0.4, 0.5) is 5.69 Å². The molecule has 21 heavy (non-hydrogen) atoms. The lowest BCUT2D eigenvalue weighted by Crippen LogP contribution is -2.54. The molecule has 0 aliphatic carbocycles. The van der Waals surface area contributed by atoms with E-state index >= 15 is 0 Å². The zero-order valence-corrected chi connectivity index (χ0v) is 13.9. The summed E-state index contributed by atoms with van der Waals surface area (Å²) in [7, 11) is 0. The molecule has 1 heterocycles. The van der Waals surface area contributed by atoms with Crippen LogP contribution in [0.3, 0.4) is 0 Å². The smallest absolute Gasteiger partial charge is 0.245 e. The van der Waals surface area contributed by atoms with E-state index in [9.17, 15) is 4.79 Å². The second-order valence-corrected chi connectivity index (χ2v) is 5.91. The van der Waals surface area contributed by atoms with E-state index in [0.717, 1.165) is 22.1 Å². The van der Waals surface area contributed by atoms with Crippen LogP contribution >= 0.6 is 15.9 Å². The number of benzene rings is 1. The highest BCUT2D eigenvalue weighted by molar-refractivity contribution is 9.10. The van der Waals surface area contributed by atoms with Crippen LogP contribution in [-0.2, 0) is 16.1 Å². The molecule has 0 spiro atoms. The molecule has 1 atom stereocenters. The topological polar surface area (TPSA) is 67.6 Å². The maximum Gasteiger partial charge on any atom is 0.245 e. The van der Waals surface area contributed by atoms with Gasteiger partial charge in [-0.2, -0.15) is 0 Å². The molecule has 1 aromatic rings. The van der Waals surface area contributed by atoms with Gasteiger partial charge in [0, 0.05) is 29.8 Å². The third-order valence-corrected chi connectivity index (χ3v) is 4.31. The van der Waals surface area contributed by atoms with Crippen molar-refractivity contribution < 1.29 is 9.53 Å². The summed E-state index contributed by atoms with van der Waals surface area (Å²) in [6, 6.07) is 5.75. The molecule has 1 aromatic carbocycles. The number of nitrogens with zero attached hydrogens (tertiary/aromatic N) is 1. The summed E-state index contributed by atoms with van der Waals surface area (Å²) in [5, 5.41) is 2.95. The first-order valence-electron chi connectivity index (χ1n) is 7.28. The Balaban J connectivity index is 2.18. The standard InChI is InChI=1S/C15H22BrN3O2/c1-2-5-18-15(20)14-10-21-7-6-19(14)12-4-3-11(9-17)13(16)8-12/h3-4,8,14H,2,5-7,9-10,17H2,1H3,(H,18,20). The Morgan fingerprint density at radius 2 is 2.38 bits per heavy atom. The molecule has 3 N–H and O–H groups in total. The number of nitrogens with two attached hydrogens (primary N) is 1.